The lowest BCUT2D eigenvalue weighted by Crippen LogP contribution is -1.99. The molecule has 0 amide bonds. The van der Waals surface area contributed by atoms with Crippen molar-refractivity contribution in [2.75, 3.05) is 7.11 Å². The molecule has 0 N–H and O–H groups in total. The number of methoxy groups -OCH3 is 1. The second-order valence-electron chi connectivity index (χ2n) is 2.52. The smallest absolute Gasteiger partial charge is 0.292 e. The lowest BCUT2D eigenvalue weighted by molar-refractivity contribution is -0.385. The highest BCUT2D eigenvalue weighted by Gasteiger charge is 2.16. The van der Waals surface area contributed by atoms with Gasteiger partial charge in [-0.15, -0.1) is 0 Å². The molecule has 0 aliphatic rings. The third-order valence-electron chi connectivity index (χ3n) is 1.66. The minimum atomic E-state index is -0.581. The van der Waals surface area contributed by atoms with Crippen LogP contribution in [-0.4, -0.2) is 17.0 Å². The molecule has 0 fully saturated rings. The van der Waals surface area contributed by atoms with E-state index in [1.807, 2.05) is 0 Å². The number of ether oxygens (including phenoxy) is 1. The van der Waals surface area contributed by atoms with E-state index in [9.17, 15) is 10.1 Å². The molecule has 0 spiro atoms. The highest BCUT2D eigenvalue weighted by Crippen LogP contribution is 2.23. The van der Waals surface area contributed by atoms with Crippen LogP contribution in [0.5, 0.6) is 5.88 Å². The number of aromatic nitrogens is 1. The van der Waals surface area contributed by atoms with E-state index < -0.39 is 4.92 Å². The second kappa shape index (κ2) is 3.70. The summed E-state index contributed by atoms with van der Waals surface area (Å²) >= 11 is 0. The molecule has 0 aliphatic heterocycles. The largest absolute Gasteiger partial charge is 0.480 e. The van der Waals surface area contributed by atoms with E-state index in [0.717, 1.165) is 6.07 Å². The molecule has 0 saturated carbocycles. The Hall–Kier alpha value is -2.16. The molecular weight excluding hydrogens is 186 g/mol. The number of rotatable bonds is 2. The fourth-order valence-electron chi connectivity index (χ4n) is 0.993. The van der Waals surface area contributed by atoms with Crippen molar-refractivity contribution in [3.8, 4) is 11.9 Å². The Kier molecular flexibility index (Phi) is 2.62. The van der Waals surface area contributed by atoms with Gasteiger partial charge in [-0.05, 0) is 6.92 Å². The second-order valence-corrected chi connectivity index (χ2v) is 2.52. The van der Waals surface area contributed by atoms with Gasteiger partial charge in [0.05, 0.1) is 12.0 Å². The van der Waals surface area contributed by atoms with E-state index in [1.165, 1.54) is 14.0 Å². The lowest BCUT2D eigenvalue weighted by atomic mass is 10.2. The van der Waals surface area contributed by atoms with Gasteiger partial charge in [0, 0.05) is 6.07 Å². The lowest BCUT2D eigenvalue weighted by Gasteiger charge is -2.02. The van der Waals surface area contributed by atoms with Crippen molar-refractivity contribution in [3.05, 3.63) is 27.4 Å². The monoisotopic (exact) mass is 193 g/mol. The Morgan fingerprint density at radius 1 is 1.71 bits per heavy atom. The molecule has 1 rings (SSSR count). The van der Waals surface area contributed by atoms with Crippen LogP contribution >= 0.6 is 0 Å². The molecule has 1 aromatic rings. The zero-order valence-electron chi connectivity index (χ0n) is 7.64. The summed E-state index contributed by atoms with van der Waals surface area (Å²) in [5, 5.41) is 19.2. The first-order valence-corrected chi connectivity index (χ1v) is 3.70. The first-order chi connectivity index (χ1) is 6.60. The van der Waals surface area contributed by atoms with Crippen LogP contribution in [0.2, 0.25) is 0 Å². The molecule has 1 heterocycles. The van der Waals surface area contributed by atoms with Crippen LogP contribution < -0.4 is 4.74 Å². The van der Waals surface area contributed by atoms with Gasteiger partial charge < -0.3 is 4.74 Å². The Morgan fingerprint density at radius 2 is 2.36 bits per heavy atom. The predicted octanol–water partition coefficient (Wildman–Crippen LogP) is 1.18. The van der Waals surface area contributed by atoms with Crippen LogP contribution in [0.25, 0.3) is 0 Å². The minimum absolute atomic E-state index is 0.0600. The van der Waals surface area contributed by atoms with Gasteiger partial charge in [-0.3, -0.25) is 10.1 Å². The van der Waals surface area contributed by atoms with Gasteiger partial charge in [-0.1, -0.05) is 0 Å². The van der Waals surface area contributed by atoms with Crippen LogP contribution in [0.3, 0.4) is 0 Å². The summed E-state index contributed by atoms with van der Waals surface area (Å²) < 4.78 is 4.80. The Balaban J connectivity index is 3.40. The van der Waals surface area contributed by atoms with E-state index in [1.54, 1.807) is 6.07 Å². The summed E-state index contributed by atoms with van der Waals surface area (Å²) in [5.41, 5.74) is 0.109. The fraction of sp³-hybridized carbons (Fsp3) is 0.250. The third-order valence-corrected chi connectivity index (χ3v) is 1.66. The van der Waals surface area contributed by atoms with E-state index in [-0.39, 0.29) is 22.8 Å². The number of hydrogen-bond donors (Lipinski definition) is 0. The molecule has 0 aliphatic carbocycles. The SMILES string of the molecule is COc1nc(C)c([N+](=O)[O-])cc1C#N. The molecule has 0 radical (unpaired) electrons. The molecule has 6 heteroatoms. The predicted molar refractivity (Wildman–Crippen MR) is 46.9 cm³/mol. The van der Waals surface area contributed by atoms with Crippen molar-refractivity contribution < 1.29 is 9.66 Å². The number of nitro groups is 1. The van der Waals surface area contributed by atoms with Gasteiger partial charge in [0.25, 0.3) is 5.69 Å². The summed E-state index contributed by atoms with van der Waals surface area (Å²) in [4.78, 5) is 13.7. The third kappa shape index (κ3) is 1.61. The number of hydrogen-bond acceptors (Lipinski definition) is 5. The Bertz CT molecular complexity index is 423. The first-order valence-electron chi connectivity index (χ1n) is 3.70. The van der Waals surface area contributed by atoms with Crippen molar-refractivity contribution in [3.63, 3.8) is 0 Å². The molecule has 0 unspecified atom stereocenters. The topological polar surface area (TPSA) is 89.1 Å². The molecule has 0 saturated heterocycles. The van der Waals surface area contributed by atoms with Crippen molar-refractivity contribution in [1.29, 1.82) is 5.26 Å². The molecule has 6 nitrogen and oxygen atoms in total. The molecule has 72 valence electrons. The summed E-state index contributed by atoms with van der Waals surface area (Å²) in [6, 6.07) is 2.93. The van der Waals surface area contributed by atoms with Gasteiger partial charge in [0.1, 0.15) is 17.3 Å². The number of nitrogens with zero attached hydrogens (tertiary/aromatic N) is 3. The zero-order valence-corrected chi connectivity index (χ0v) is 7.64. The van der Waals surface area contributed by atoms with Gasteiger partial charge >= 0.3 is 0 Å². The average Bonchev–Trinajstić information content (AvgIpc) is 2.16. The van der Waals surface area contributed by atoms with Crippen molar-refractivity contribution >= 4 is 5.69 Å². The van der Waals surface area contributed by atoms with Crippen LogP contribution in [0.4, 0.5) is 5.69 Å². The quantitative estimate of drug-likeness (QED) is 0.519. The Morgan fingerprint density at radius 3 is 2.79 bits per heavy atom. The van der Waals surface area contributed by atoms with E-state index in [2.05, 4.69) is 4.98 Å². The van der Waals surface area contributed by atoms with E-state index in [0.29, 0.717) is 0 Å². The van der Waals surface area contributed by atoms with E-state index in [4.69, 9.17) is 10.00 Å². The maximum atomic E-state index is 10.5. The van der Waals surface area contributed by atoms with Crippen LogP contribution in [0.15, 0.2) is 6.07 Å². The molecule has 14 heavy (non-hydrogen) atoms. The molecule has 0 atom stereocenters. The highest BCUT2D eigenvalue weighted by molar-refractivity contribution is 5.48. The average molecular weight is 193 g/mol. The van der Waals surface area contributed by atoms with Gasteiger partial charge in [-0.2, -0.15) is 5.26 Å². The first kappa shape index (κ1) is 9.92. The molecule has 0 bridgehead atoms. The van der Waals surface area contributed by atoms with Gasteiger partial charge in [0.2, 0.25) is 5.88 Å². The summed E-state index contributed by atoms with van der Waals surface area (Å²) in [5.74, 6) is 0.107. The maximum absolute atomic E-state index is 10.5. The van der Waals surface area contributed by atoms with Crippen LogP contribution in [-0.2, 0) is 0 Å². The number of pyridine rings is 1. The van der Waals surface area contributed by atoms with Gasteiger partial charge in [0.15, 0.2) is 0 Å². The molecule has 0 aromatic carbocycles. The normalized spacial score (nSPS) is 9.21. The summed E-state index contributed by atoms with van der Waals surface area (Å²) in [6.45, 7) is 1.49. The maximum Gasteiger partial charge on any atom is 0.292 e. The standard InChI is InChI=1S/C8H7N3O3/c1-5-7(11(12)13)3-6(4-9)8(10-5)14-2/h3H,1-2H3. The van der Waals surface area contributed by atoms with Crippen LogP contribution in [0.1, 0.15) is 11.3 Å². The Labute approximate surface area is 79.9 Å². The van der Waals surface area contributed by atoms with Crippen LogP contribution in [0, 0.1) is 28.4 Å². The number of aryl methyl sites for hydroxylation is 1. The number of nitriles is 1. The van der Waals surface area contributed by atoms with Crippen molar-refractivity contribution in [2.24, 2.45) is 0 Å². The fourth-order valence-corrected chi connectivity index (χ4v) is 0.993. The van der Waals surface area contributed by atoms with Crippen molar-refractivity contribution in [2.45, 2.75) is 6.92 Å². The molecule has 1 aromatic heterocycles. The minimum Gasteiger partial charge on any atom is -0.480 e. The zero-order chi connectivity index (χ0) is 10.7. The van der Waals surface area contributed by atoms with Crippen molar-refractivity contribution in [1.82, 2.24) is 4.98 Å². The summed E-state index contributed by atoms with van der Waals surface area (Å²) in [7, 11) is 1.36. The van der Waals surface area contributed by atoms with E-state index >= 15 is 0 Å². The van der Waals surface area contributed by atoms with Gasteiger partial charge in [-0.25, -0.2) is 4.98 Å². The molecular formula is C8H7N3O3. The summed E-state index contributed by atoms with van der Waals surface area (Å²) in [6.07, 6.45) is 0. The highest BCUT2D eigenvalue weighted by atomic mass is 16.6.